The summed E-state index contributed by atoms with van der Waals surface area (Å²) in [5.41, 5.74) is 1.27. The van der Waals surface area contributed by atoms with Gasteiger partial charge >= 0.3 is 0 Å². The van der Waals surface area contributed by atoms with Crippen molar-refractivity contribution in [2.75, 3.05) is 20.2 Å². The van der Waals surface area contributed by atoms with Crippen LogP contribution in [0.25, 0.3) is 0 Å². The maximum atomic E-state index is 13.3. The first kappa shape index (κ1) is 21.3. The highest BCUT2D eigenvalue weighted by Crippen LogP contribution is 2.29. The topological polar surface area (TPSA) is 75.7 Å². The van der Waals surface area contributed by atoms with Crippen molar-refractivity contribution in [3.05, 3.63) is 59.7 Å². The van der Waals surface area contributed by atoms with E-state index in [4.69, 9.17) is 4.74 Å². The Morgan fingerprint density at radius 3 is 2.31 bits per heavy atom. The van der Waals surface area contributed by atoms with Gasteiger partial charge < -0.3 is 10.1 Å². The van der Waals surface area contributed by atoms with Gasteiger partial charge in [0.05, 0.1) is 13.2 Å². The molecule has 7 heteroatoms. The molecule has 156 valence electrons. The third-order valence-corrected chi connectivity index (χ3v) is 7.18. The van der Waals surface area contributed by atoms with Crippen molar-refractivity contribution in [1.29, 1.82) is 0 Å². The molecule has 1 saturated heterocycles. The van der Waals surface area contributed by atoms with Crippen molar-refractivity contribution in [2.24, 2.45) is 0 Å². The predicted molar refractivity (Wildman–Crippen MR) is 113 cm³/mol. The monoisotopic (exact) mass is 416 g/mol. The standard InChI is InChI=1S/C22H28N2O4S/c1-17(18-10-6-5-7-11-18)23-22(25)19-12-13-20(28-2)21(16-19)29(26,27)24-14-8-3-4-9-15-24/h5-7,10-13,16-17H,3-4,8-9,14-15H2,1-2H3,(H,23,25). The smallest absolute Gasteiger partial charge is 0.251 e. The van der Waals surface area contributed by atoms with Gasteiger partial charge in [-0.2, -0.15) is 4.31 Å². The zero-order chi connectivity index (χ0) is 20.9. The van der Waals surface area contributed by atoms with Crippen LogP contribution >= 0.6 is 0 Å². The van der Waals surface area contributed by atoms with Gasteiger partial charge in [-0.1, -0.05) is 43.2 Å². The SMILES string of the molecule is COc1ccc(C(=O)NC(C)c2ccccc2)cc1S(=O)(=O)N1CCCCCC1. The molecule has 3 rings (SSSR count). The van der Waals surface area contributed by atoms with Crippen molar-refractivity contribution in [3.63, 3.8) is 0 Å². The van der Waals surface area contributed by atoms with E-state index >= 15 is 0 Å². The second-order valence-electron chi connectivity index (χ2n) is 7.29. The minimum atomic E-state index is -3.74. The Labute approximate surface area is 172 Å². The van der Waals surface area contributed by atoms with E-state index in [1.807, 2.05) is 37.3 Å². The number of methoxy groups -OCH3 is 1. The molecule has 1 amide bonds. The molecular formula is C22H28N2O4S. The molecule has 6 nitrogen and oxygen atoms in total. The highest BCUT2D eigenvalue weighted by Gasteiger charge is 2.29. The van der Waals surface area contributed by atoms with Gasteiger partial charge in [0.25, 0.3) is 5.91 Å². The summed E-state index contributed by atoms with van der Waals surface area (Å²) in [4.78, 5) is 12.8. The van der Waals surface area contributed by atoms with Gasteiger partial charge in [-0.15, -0.1) is 0 Å². The van der Waals surface area contributed by atoms with Crippen LogP contribution in [-0.4, -0.2) is 38.8 Å². The van der Waals surface area contributed by atoms with Crippen LogP contribution < -0.4 is 10.1 Å². The number of rotatable bonds is 6. The number of sulfonamides is 1. The lowest BCUT2D eigenvalue weighted by atomic mass is 10.1. The summed E-state index contributed by atoms with van der Waals surface area (Å²) >= 11 is 0. The van der Waals surface area contributed by atoms with Gasteiger partial charge in [-0.3, -0.25) is 4.79 Å². The van der Waals surface area contributed by atoms with E-state index in [9.17, 15) is 13.2 Å². The van der Waals surface area contributed by atoms with E-state index < -0.39 is 10.0 Å². The minimum absolute atomic E-state index is 0.0434. The van der Waals surface area contributed by atoms with Crippen molar-refractivity contribution < 1.29 is 17.9 Å². The molecule has 0 saturated carbocycles. The van der Waals surface area contributed by atoms with E-state index in [0.29, 0.717) is 18.7 Å². The molecular weight excluding hydrogens is 388 g/mol. The number of ether oxygens (including phenoxy) is 1. The summed E-state index contributed by atoms with van der Waals surface area (Å²) in [7, 11) is -2.30. The van der Waals surface area contributed by atoms with Gasteiger partial charge in [-0.25, -0.2) is 8.42 Å². The summed E-state index contributed by atoms with van der Waals surface area (Å²) < 4.78 is 33.3. The zero-order valence-corrected chi connectivity index (χ0v) is 17.7. The molecule has 1 atom stereocenters. The fourth-order valence-electron chi connectivity index (χ4n) is 3.55. The summed E-state index contributed by atoms with van der Waals surface area (Å²) in [6, 6.07) is 14.0. The predicted octanol–water partition coefficient (Wildman–Crippen LogP) is 3.75. The Kier molecular flexibility index (Phi) is 6.92. The fraction of sp³-hybridized carbons (Fsp3) is 0.409. The molecule has 0 aliphatic carbocycles. The third-order valence-electron chi connectivity index (χ3n) is 5.26. The van der Waals surface area contributed by atoms with Crippen LogP contribution in [0.15, 0.2) is 53.4 Å². The molecule has 0 aromatic heterocycles. The molecule has 2 aromatic rings. The van der Waals surface area contributed by atoms with E-state index in [1.54, 1.807) is 12.1 Å². The second-order valence-corrected chi connectivity index (χ2v) is 9.20. The maximum Gasteiger partial charge on any atom is 0.251 e. The quantitative estimate of drug-likeness (QED) is 0.778. The molecule has 1 N–H and O–H groups in total. The minimum Gasteiger partial charge on any atom is -0.495 e. The first-order valence-corrected chi connectivity index (χ1v) is 11.4. The van der Waals surface area contributed by atoms with E-state index in [-0.39, 0.29) is 22.6 Å². The number of benzene rings is 2. The van der Waals surface area contributed by atoms with Crippen LogP contribution in [0, 0.1) is 0 Å². The maximum absolute atomic E-state index is 13.3. The van der Waals surface area contributed by atoms with Gasteiger partial charge in [0.1, 0.15) is 10.6 Å². The molecule has 0 bridgehead atoms. The van der Waals surface area contributed by atoms with Crippen molar-refractivity contribution in [1.82, 2.24) is 9.62 Å². The number of carbonyl (C=O) groups is 1. The molecule has 1 heterocycles. The number of hydrogen-bond donors (Lipinski definition) is 1. The first-order valence-electron chi connectivity index (χ1n) is 9.97. The molecule has 29 heavy (non-hydrogen) atoms. The summed E-state index contributed by atoms with van der Waals surface area (Å²) in [6.07, 6.45) is 3.75. The largest absolute Gasteiger partial charge is 0.495 e. The Hall–Kier alpha value is -2.38. The van der Waals surface area contributed by atoms with Crippen molar-refractivity contribution in [3.8, 4) is 5.75 Å². The van der Waals surface area contributed by atoms with Gasteiger partial charge in [0.2, 0.25) is 10.0 Å². The third kappa shape index (κ3) is 4.97. The first-order chi connectivity index (χ1) is 13.9. The lowest BCUT2D eigenvalue weighted by molar-refractivity contribution is 0.0939. The lowest BCUT2D eigenvalue weighted by Gasteiger charge is -2.22. The zero-order valence-electron chi connectivity index (χ0n) is 16.9. The lowest BCUT2D eigenvalue weighted by Crippen LogP contribution is -2.32. The highest BCUT2D eigenvalue weighted by atomic mass is 32.2. The average Bonchev–Trinajstić information content (AvgIpc) is 3.04. The molecule has 1 aliphatic rings. The molecule has 1 unspecified atom stereocenters. The number of amides is 1. The number of nitrogens with zero attached hydrogens (tertiary/aromatic N) is 1. The second kappa shape index (κ2) is 9.41. The van der Waals surface area contributed by atoms with E-state index in [0.717, 1.165) is 31.2 Å². The number of carbonyl (C=O) groups excluding carboxylic acids is 1. The van der Waals surface area contributed by atoms with Gasteiger partial charge in [0.15, 0.2) is 0 Å². The summed E-state index contributed by atoms with van der Waals surface area (Å²) in [6.45, 7) is 2.88. The molecule has 1 aliphatic heterocycles. The molecule has 0 spiro atoms. The Morgan fingerprint density at radius 2 is 1.69 bits per heavy atom. The van der Waals surface area contributed by atoms with Gasteiger partial charge in [0, 0.05) is 18.7 Å². The van der Waals surface area contributed by atoms with Crippen molar-refractivity contribution >= 4 is 15.9 Å². The highest BCUT2D eigenvalue weighted by molar-refractivity contribution is 7.89. The Balaban J connectivity index is 1.87. The van der Waals surface area contributed by atoms with E-state index in [2.05, 4.69) is 5.32 Å². The molecule has 1 fully saturated rings. The van der Waals surface area contributed by atoms with Crippen LogP contribution in [0.4, 0.5) is 0 Å². The number of nitrogens with one attached hydrogen (secondary N) is 1. The van der Waals surface area contributed by atoms with Gasteiger partial charge in [-0.05, 0) is 43.5 Å². The van der Waals surface area contributed by atoms with Crippen LogP contribution in [0.1, 0.15) is 54.6 Å². The average molecular weight is 417 g/mol. The Bertz CT molecular complexity index is 937. The van der Waals surface area contributed by atoms with Crippen LogP contribution in [0.3, 0.4) is 0 Å². The van der Waals surface area contributed by atoms with Crippen LogP contribution in [0.5, 0.6) is 5.75 Å². The normalized spacial score (nSPS) is 16.6. The summed E-state index contributed by atoms with van der Waals surface area (Å²) in [5.74, 6) is -0.0711. The fourth-order valence-corrected chi connectivity index (χ4v) is 5.24. The van der Waals surface area contributed by atoms with Crippen LogP contribution in [-0.2, 0) is 10.0 Å². The molecule has 0 radical (unpaired) electrons. The molecule has 2 aromatic carbocycles. The van der Waals surface area contributed by atoms with E-state index in [1.165, 1.54) is 17.5 Å². The number of hydrogen-bond acceptors (Lipinski definition) is 4. The summed E-state index contributed by atoms with van der Waals surface area (Å²) in [5, 5.41) is 2.93. The Morgan fingerprint density at radius 1 is 1.03 bits per heavy atom. The van der Waals surface area contributed by atoms with Crippen LogP contribution in [0.2, 0.25) is 0 Å². The van der Waals surface area contributed by atoms with Crippen molar-refractivity contribution in [2.45, 2.75) is 43.5 Å².